The highest BCUT2D eigenvalue weighted by molar-refractivity contribution is 5.85. The van der Waals surface area contributed by atoms with Gasteiger partial charge in [-0.1, -0.05) is 69.2 Å². The standard InChI is InChI=1S/C27H38N2O/c1-4-5-11-21-19-14-26(24(30)29-13-12-23(28)25(2,3)18-29)16-22(21)27(15-19,17-26)20-9-7-6-8-10-20/h6-11,19,22-23H,4-5,12-18,28H2,1-3H3/b21-11+/t19?,22?,23-,26?,27?/m0/s1. The molecule has 4 bridgehead atoms. The Morgan fingerprint density at radius 2 is 1.97 bits per heavy atom. The number of carbonyl (C=O) groups is 1. The lowest BCUT2D eigenvalue weighted by molar-refractivity contribution is -0.148. The Kier molecular flexibility index (Phi) is 4.70. The fourth-order valence-corrected chi connectivity index (χ4v) is 7.64. The van der Waals surface area contributed by atoms with Crippen LogP contribution in [0.1, 0.15) is 71.3 Å². The van der Waals surface area contributed by atoms with Crippen molar-refractivity contribution < 1.29 is 4.79 Å². The Morgan fingerprint density at radius 1 is 1.20 bits per heavy atom. The normalized spacial score (nSPS) is 40.3. The maximum absolute atomic E-state index is 14.1. The number of piperidine rings is 1. The van der Waals surface area contributed by atoms with Gasteiger partial charge in [-0.3, -0.25) is 4.79 Å². The molecule has 1 aromatic carbocycles. The molecule has 3 heteroatoms. The zero-order valence-electron chi connectivity index (χ0n) is 19.0. The van der Waals surface area contributed by atoms with Crippen LogP contribution in [0, 0.1) is 22.7 Å². The molecule has 0 aromatic heterocycles. The number of hydrogen-bond donors (Lipinski definition) is 1. The molecule has 162 valence electrons. The van der Waals surface area contributed by atoms with E-state index in [1.54, 1.807) is 5.57 Å². The average Bonchev–Trinajstić information content (AvgIpc) is 3.11. The van der Waals surface area contributed by atoms with Crippen LogP contribution in [0.3, 0.4) is 0 Å². The van der Waals surface area contributed by atoms with Crippen LogP contribution >= 0.6 is 0 Å². The van der Waals surface area contributed by atoms with Crippen molar-refractivity contribution in [3.63, 3.8) is 0 Å². The number of rotatable bonds is 4. The van der Waals surface area contributed by atoms with Gasteiger partial charge in [0.2, 0.25) is 5.91 Å². The number of allylic oxidation sites excluding steroid dienone is 2. The summed E-state index contributed by atoms with van der Waals surface area (Å²) in [5, 5.41) is 0. The predicted octanol–water partition coefficient (Wildman–Crippen LogP) is 5.06. The summed E-state index contributed by atoms with van der Waals surface area (Å²) in [5.41, 5.74) is 9.53. The average molecular weight is 407 g/mol. The first-order valence-electron chi connectivity index (χ1n) is 12.1. The quantitative estimate of drug-likeness (QED) is 0.711. The van der Waals surface area contributed by atoms with Gasteiger partial charge in [0, 0.05) is 24.5 Å². The Hall–Kier alpha value is -1.61. The maximum atomic E-state index is 14.1. The molecule has 1 heterocycles. The van der Waals surface area contributed by atoms with E-state index in [9.17, 15) is 4.79 Å². The number of nitrogens with zero attached hydrogens (tertiary/aromatic N) is 1. The molecule has 3 nitrogen and oxygen atoms in total. The van der Waals surface area contributed by atoms with Crippen molar-refractivity contribution in [1.82, 2.24) is 4.90 Å². The highest BCUT2D eigenvalue weighted by atomic mass is 16.2. The van der Waals surface area contributed by atoms with Crippen LogP contribution in [-0.4, -0.2) is 29.9 Å². The van der Waals surface area contributed by atoms with Gasteiger partial charge in [-0.25, -0.2) is 0 Å². The lowest BCUT2D eigenvalue weighted by Gasteiger charge is -2.48. The van der Waals surface area contributed by atoms with Gasteiger partial charge in [0.15, 0.2) is 0 Å². The number of likely N-dealkylation sites (tertiary alicyclic amines) is 1. The number of nitrogens with two attached hydrogens (primary N) is 1. The minimum Gasteiger partial charge on any atom is -0.342 e. The molecule has 5 atom stereocenters. The monoisotopic (exact) mass is 406 g/mol. The summed E-state index contributed by atoms with van der Waals surface area (Å²) in [4.78, 5) is 16.2. The first kappa shape index (κ1) is 20.3. The lowest BCUT2D eigenvalue weighted by Crippen LogP contribution is -2.57. The van der Waals surface area contributed by atoms with E-state index in [1.807, 2.05) is 0 Å². The van der Waals surface area contributed by atoms with Crippen LogP contribution in [0.15, 0.2) is 42.0 Å². The summed E-state index contributed by atoms with van der Waals surface area (Å²) in [6.07, 6.45) is 10.2. The number of carbonyl (C=O) groups excluding carboxylic acids is 1. The van der Waals surface area contributed by atoms with Gasteiger partial charge < -0.3 is 10.6 Å². The van der Waals surface area contributed by atoms with E-state index in [2.05, 4.69) is 62.1 Å². The van der Waals surface area contributed by atoms with Crippen molar-refractivity contribution in [2.45, 2.75) is 77.2 Å². The van der Waals surface area contributed by atoms with Crippen molar-refractivity contribution in [2.75, 3.05) is 13.1 Å². The number of amides is 1. The molecular formula is C27H38N2O. The van der Waals surface area contributed by atoms with E-state index in [4.69, 9.17) is 5.73 Å². The molecule has 4 saturated carbocycles. The van der Waals surface area contributed by atoms with Gasteiger partial charge >= 0.3 is 0 Å². The Morgan fingerprint density at radius 3 is 2.67 bits per heavy atom. The van der Waals surface area contributed by atoms with Crippen LogP contribution in [-0.2, 0) is 10.2 Å². The summed E-state index contributed by atoms with van der Waals surface area (Å²) in [5.74, 6) is 1.58. The zero-order chi connectivity index (χ0) is 21.1. The summed E-state index contributed by atoms with van der Waals surface area (Å²) < 4.78 is 0. The SMILES string of the molecule is CCC/C=C1\C2CC3(C(=O)N4CC[C@H](N)C(C)(C)C4)CC1C(c1ccccc1)(C2)C3. The topological polar surface area (TPSA) is 46.3 Å². The van der Waals surface area contributed by atoms with Crippen LogP contribution in [0.25, 0.3) is 0 Å². The van der Waals surface area contributed by atoms with Gasteiger partial charge in [-0.15, -0.1) is 0 Å². The first-order valence-corrected chi connectivity index (χ1v) is 12.1. The van der Waals surface area contributed by atoms with Gasteiger partial charge in [-0.05, 0) is 61.3 Å². The van der Waals surface area contributed by atoms with Gasteiger partial charge in [0.1, 0.15) is 0 Å². The molecule has 5 fully saturated rings. The number of unbranched alkanes of at least 4 members (excludes halogenated alkanes) is 1. The molecule has 1 aromatic rings. The summed E-state index contributed by atoms with van der Waals surface area (Å²) in [6.45, 7) is 8.35. The van der Waals surface area contributed by atoms with Crippen LogP contribution in [0.5, 0.6) is 0 Å². The minimum atomic E-state index is -0.162. The van der Waals surface area contributed by atoms with Crippen molar-refractivity contribution >= 4 is 5.91 Å². The van der Waals surface area contributed by atoms with E-state index in [0.717, 1.165) is 38.8 Å². The summed E-state index contributed by atoms with van der Waals surface area (Å²) in [6, 6.07) is 11.3. The second kappa shape index (κ2) is 6.95. The molecule has 0 radical (unpaired) electrons. The largest absolute Gasteiger partial charge is 0.342 e. The fourth-order valence-electron chi connectivity index (χ4n) is 7.64. The van der Waals surface area contributed by atoms with Crippen LogP contribution in [0.2, 0.25) is 0 Å². The third-order valence-electron chi connectivity index (χ3n) is 9.11. The van der Waals surface area contributed by atoms with Gasteiger partial charge in [0.05, 0.1) is 5.41 Å². The van der Waals surface area contributed by atoms with E-state index < -0.39 is 0 Å². The highest BCUT2D eigenvalue weighted by Gasteiger charge is 2.69. The molecule has 4 aliphatic carbocycles. The lowest BCUT2D eigenvalue weighted by atomic mass is 9.63. The molecular weight excluding hydrogens is 368 g/mol. The maximum Gasteiger partial charge on any atom is 0.228 e. The molecule has 2 N–H and O–H groups in total. The van der Waals surface area contributed by atoms with Crippen LogP contribution < -0.4 is 5.73 Å². The van der Waals surface area contributed by atoms with Gasteiger partial charge in [-0.2, -0.15) is 0 Å². The van der Waals surface area contributed by atoms with E-state index in [0.29, 0.717) is 17.7 Å². The third-order valence-corrected chi connectivity index (χ3v) is 9.11. The third kappa shape index (κ3) is 2.84. The second-order valence-electron chi connectivity index (χ2n) is 11.4. The summed E-state index contributed by atoms with van der Waals surface area (Å²) >= 11 is 0. The zero-order valence-corrected chi connectivity index (χ0v) is 19.0. The second-order valence-corrected chi connectivity index (χ2v) is 11.4. The van der Waals surface area contributed by atoms with Crippen LogP contribution in [0.4, 0.5) is 0 Å². The van der Waals surface area contributed by atoms with Gasteiger partial charge in [0.25, 0.3) is 0 Å². The molecule has 5 aliphatic rings. The Labute approximate surface area is 182 Å². The predicted molar refractivity (Wildman–Crippen MR) is 122 cm³/mol. The minimum absolute atomic E-state index is 0.00342. The molecule has 6 rings (SSSR count). The Bertz CT molecular complexity index is 859. The molecule has 30 heavy (non-hydrogen) atoms. The van der Waals surface area contributed by atoms with Crippen molar-refractivity contribution in [2.24, 2.45) is 28.4 Å². The fraction of sp³-hybridized carbons (Fsp3) is 0.667. The first-order chi connectivity index (χ1) is 14.3. The van der Waals surface area contributed by atoms with Crippen molar-refractivity contribution in [3.8, 4) is 0 Å². The molecule has 1 aliphatic heterocycles. The van der Waals surface area contributed by atoms with E-state index in [-0.39, 0.29) is 22.3 Å². The summed E-state index contributed by atoms with van der Waals surface area (Å²) in [7, 11) is 0. The van der Waals surface area contributed by atoms with E-state index >= 15 is 0 Å². The smallest absolute Gasteiger partial charge is 0.228 e. The van der Waals surface area contributed by atoms with E-state index in [1.165, 1.54) is 24.8 Å². The van der Waals surface area contributed by atoms with Crippen molar-refractivity contribution in [1.29, 1.82) is 0 Å². The number of benzene rings is 1. The highest BCUT2D eigenvalue weighted by Crippen LogP contribution is 2.73. The Balaban J connectivity index is 1.50. The molecule has 1 amide bonds. The molecule has 0 spiro atoms. The molecule has 4 unspecified atom stereocenters. The molecule has 1 saturated heterocycles. The number of hydrogen-bond acceptors (Lipinski definition) is 2. The van der Waals surface area contributed by atoms with Crippen molar-refractivity contribution in [3.05, 3.63) is 47.5 Å².